The van der Waals surface area contributed by atoms with Crippen LogP contribution in [0.1, 0.15) is 19.3 Å². The molecule has 0 amide bonds. The van der Waals surface area contributed by atoms with E-state index in [9.17, 15) is 0 Å². The summed E-state index contributed by atoms with van der Waals surface area (Å²) in [6.45, 7) is 6.19. The second-order valence-electron chi connectivity index (χ2n) is 2.25. The van der Waals surface area contributed by atoms with E-state index in [1.54, 1.807) is 5.92 Å². The van der Waals surface area contributed by atoms with Gasteiger partial charge in [-0.25, -0.2) is 0 Å². The summed E-state index contributed by atoms with van der Waals surface area (Å²) in [4.78, 5) is 0. The smallest absolute Gasteiger partial charge is 0 e. The fraction of sp³-hybridized carbons (Fsp3) is 0.714. The first-order valence-corrected chi connectivity index (χ1v) is 3.27. The summed E-state index contributed by atoms with van der Waals surface area (Å²) < 4.78 is 0. The molecule has 0 atom stereocenters. The molecule has 1 heterocycles. The Morgan fingerprint density at radius 1 is 1.33 bits per heavy atom. The van der Waals surface area contributed by atoms with Crippen molar-refractivity contribution in [2.45, 2.75) is 19.3 Å². The molecule has 0 aromatic carbocycles. The van der Waals surface area contributed by atoms with Gasteiger partial charge in [0, 0.05) is 32.7 Å². The molecule has 1 aliphatic rings. The molecule has 0 unspecified atom stereocenters. The Kier molecular flexibility index (Phi) is 6.51. The van der Waals surface area contributed by atoms with Gasteiger partial charge in [0.05, 0.1) is 0 Å². The van der Waals surface area contributed by atoms with Gasteiger partial charge in [0.25, 0.3) is 0 Å². The van der Waals surface area contributed by atoms with Gasteiger partial charge in [-0.2, -0.15) is 12.8 Å². The Balaban J connectivity index is 0.000000640. The molecule has 1 saturated heterocycles. The van der Waals surface area contributed by atoms with E-state index >= 15 is 0 Å². The summed E-state index contributed by atoms with van der Waals surface area (Å²) in [5.74, 6) is 1.63. The van der Waals surface area contributed by atoms with Gasteiger partial charge in [0.15, 0.2) is 0 Å². The van der Waals surface area contributed by atoms with E-state index in [0.717, 1.165) is 6.42 Å². The quantitative estimate of drug-likeness (QED) is 0.626. The average molecular weight is 200 g/mol. The average Bonchev–Trinajstić information content (AvgIpc) is 1.90. The molecule has 0 aromatic heterocycles. The van der Waals surface area contributed by atoms with Crippen molar-refractivity contribution in [3.8, 4) is 0 Å². The SMILES string of the molecule is [CH2-]C[C-]1CCNCC1.[Y]. The van der Waals surface area contributed by atoms with E-state index < -0.39 is 0 Å². The minimum atomic E-state index is 0. The molecule has 0 aliphatic carbocycles. The van der Waals surface area contributed by atoms with Crippen molar-refractivity contribution in [1.29, 1.82) is 0 Å². The zero-order chi connectivity index (χ0) is 5.82. The van der Waals surface area contributed by atoms with Gasteiger partial charge in [-0.05, 0) is 13.1 Å². The molecule has 1 radical (unpaired) electrons. The monoisotopic (exact) mass is 200 g/mol. The van der Waals surface area contributed by atoms with Crippen molar-refractivity contribution in [2.75, 3.05) is 13.1 Å². The van der Waals surface area contributed by atoms with E-state index in [0.29, 0.717) is 0 Å². The predicted molar refractivity (Wildman–Crippen MR) is 35.3 cm³/mol. The fourth-order valence-electron chi connectivity index (χ4n) is 1.03. The maximum atomic E-state index is 3.84. The molecular formula is C7H13NY-2. The zero-order valence-corrected chi connectivity index (χ0v) is 8.66. The van der Waals surface area contributed by atoms with Crippen molar-refractivity contribution < 1.29 is 32.7 Å². The van der Waals surface area contributed by atoms with Crippen molar-refractivity contribution in [2.24, 2.45) is 0 Å². The number of hydrogen-bond acceptors (Lipinski definition) is 1. The molecule has 0 saturated carbocycles. The van der Waals surface area contributed by atoms with Crippen LogP contribution in [0.2, 0.25) is 0 Å². The summed E-state index contributed by atoms with van der Waals surface area (Å²) in [5.41, 5.74) is 0. The number of piperidine rings is 1. The van der Waals surface area contributed by atoms with Gasteiger partial charge in [-0.3, -0.25) is 0 Å². The minimum absolute atomic E-state index is 0. The summed E-state index contributed by atoms with van der Waals surface area (Å²) in [5, 5.41) is 3.30. The van der Waals surface area contributed by atoms with Crippen molar-refractivity contribution in [1.82, 2.24) is 5.32 Å². The molecule has 1 rings (SSSR count). The van der Waals surface area contributed by atoms with E-state index in [1.807, 2.05) is 0 Å². The zero-order valence-electron chi connectivity index (χ0n) is 5.82. The number of rotatable bonds is 1. The number of hydrogen-bond donors (Lipinski definition) is 1. The molecule has 1 N–H and O–H groups in total. The summed E-state index contributed by atoms with van der Waals surface area (Å²) in [7, 11) is 0. The Morgan fingerprint density at radius 3 is 2.22 bits per heavy atom. The van der Waals surface area contributed by atoms with E-state index in [1.165, 1.54) is 25.9 Å². The molecular weight excluding hydrogens is 187 g/mol. The van der Waals surface area contributed by atoms with Gasteiger partial charge in [0.1, 0.15) is 0 Å². The van der Waals surface area contributed by atoms with Crippen LogP contribution in [0.25, 0.3) is 0 Å². The topological polar surface area (TPSA) is 12.0 Å². The Bertz CT molecular complexity index is 59.9. The summed E-state index contributed by atoms with van der Waals surface area (Å²) in [6, 6.07) is 0. The molecule has 1 nitrogen and oxygen atoms in total. The van der Waals surface area contributed by atoms with Crippen molar-refractivity contribution in [3.05, 3.63) is 12.8 Å². The first-order valence-electron chi connectivity index (χ1n) is 3.27. The van der Waals surface area contributed by atoms with Crippen LogP contribution in [-0.4, -0.2) is 13.1 Å². The third-order valence-electron chi connectivity index (χ3n) is 1.66. The second-order valence-corrected chi connectivity index (χ2v) is 2.25. The maximum Gasteiger partial charge on any atom is 0 e. The molecule has 0 bridgehead atoms. The predicted octanol–water partition coefficient (Wildman–Crippen LogP) is 1.17. The molecule has 1 fully saturated rings. The first kappa shape index (κ1) is 10.1. The van der Waals surface area contributed by atoms with Gasteiger partial charge in [-0.1, -0.05) is 0 Å². The van der Waals surface area contributed by atoms with Gasteiger partial charge in [0.2, 0.25) is 0 Å². The second kappa shape index (κ2) is 5.82. The Hall–Kier alpha value is 1.06. The fourth-order valence-corrected chi connectivity index (χ4v) is 1.03. The van der Waals surface area contributed by atoms with E-state index in [4.69, 9.17) is 0 Å². The van der Waals surface area contributed by atoms with Crippen LogP contribution in [0.4, 0.5) is 0 Å². The minimum Gasteiger partial charge on any atom is -0.372 e. The third kappa shape index (κ3) is 3.69. The van der Waals surface area contributed by atoms with Crippen molar-refractivity contribution in [3.63, 3.8) is 0 Å². The third-order valence-corrected chi connectivity index (χ3v) is 1.66. The molecule has 51 valence electrons. The normalized spacial score (nSPS) is 21.0. The first-order chi connectivity index (χ1) is 3.93. The molecule has 0 spiro atoms. The van der Waals surface area contributed by atoms with Gasteiger partial charge < -0.3 is 24.6 Å². The molecule has 0 aromatic rings. The van der Waals surface area contributed by atoms with E-state index in [-0.39, 0.29) is 32.7 Å². The number of nitrogens with one attached hydrogen (secondary N) is 1. The van der Waals surface area contributed by atoms with Crippen LogP contribution in [0.5, 0.6) is 0 Å². The summed E-state index contributed by atoms with van der Waals surface area (Å²) >= 11 is 0. The van der Waals surface area contributed by atoms with Crippen LogP contribution in [-0.2, 0) is 32.7 Å². The molecule has 2 heteroatoms. The summed E-state index contributed by atoms with van der Waals surface area (Å²) in [6.07, 6.45) is 3.55. The van der Waals surface area contributed by atoms with Crippen LogP contribution in [0.15, 0.2) is 0 Å². The van der Waals surface area contributed by atoms with Crippen molar-refractivity contribution >= 4 is 0 Å². The van der Waals surface area contributed by atoms with Crippen LogP contribution in [0.3, 0.4) is 0 Å². The molecule has 9 heavy (non-hydrogen) atoms. The standard InChI is InChI=1S/C7H13N.Y/c1-2-7-3-5-8-6-4-7;/h8H,1-6H2;/q-2;. The Morgan fingerprint density at radius 2 is 1.89 bits per heavy atom. The van der Waals surface area contributed by atoms with E-state index in [2.05, 4.69) is 12.2 Å². The van der Waals surface area contributed by atoms with Gasteiger partial charge >= 0.3 is 0 Å². The maximum absolute atomic E-state index is 3.84. The van der Waals surface area contributed by atoms with Gasteiger partial charge in [-0.15, -0.1) is 0 Å². The van der Waals surface area contributed by atoms with Crippen LogP contribution < -0.4 is 5.32 Å². The Labute approximate surface area is 82.9 Å². The van der Waals surface area contributed by atoms with Crippen LogP contribution in [0, 0.1) is 12.8 Å². The molecule has 1 aliphatic heterocycles. The van der Waals surface area contributed by atoms with Crippen LogP contribution >= 0.6 is 0 Å². The largest absolute Gasteiger partial charge is 0.372 e.